The third-order valence-corrected chi connectivity index (χ3v) is 4.45. The van der Waals surface area contributed by atoms with Crippen molar-refractivity contribution in [2.75, 3.05) is 5.73 Å². The van der Waals surface area contributed by atoms with Crippen molar-refractivity contribution < 1.29 is 21.6 Å². The Morgan fingerprint density at radius 1 is 1.42 bits per heavy atom. The number of halogens is 4. The van der Waals surface area contributed by atoms with Crippen LogP contribution in [0.3, 0.4) is 0 Å². The summed E-state index contributed by atoms with van der Waals surface area (Å²) in [5.41, 5.74) is 5.84. The summed E-state index contributed by atoms with van der Waals surface area (Å²) in [5.74, 6) is 0. The number of rotatable bonds is 4. The molecule has 19 heavy (non-hydrogen) atoms. The zero-order valence-corrected chi connectivity index (χ0v) is 12.2. The first-order valence-electron chi connectivity index (χ1n) is 5.15. The van der Waals surface area contributed by atoms with Gasteiger partial charge in [0, 0.05) is 16.2 Å². The fourth-order valence-electron chi connectivity index (χ4n) is 1.40. The summed E-state index contributed by atoms with van der Waals surface area (Å²) < 4.78 is 62.5. The highest BCUT2D eigenvalue weighted by atomic mass is 79.9. The smallest absolute Gasteiger partial charge is 0.390 e. The quantitative estimate of drug-likeness (QED) is 0.810. The van der Waals surface area contributed by atoms with Crippen molar-refractivity contribution >= 4 is 31.6 Å². The van der Waals surface area contributed by atoms with Crippen LogP contribution in [0.5, 0.6) is 0 Å². The van der Waals surface area contributed by atoms with Crippen molar-refractivity contribution in [3.63, 3.8) is 0 Å². The topological polar surface area (TPSA) is 72.2 Å². The molecule has 1 atom stereocenters. The van der Waals surface area contributed by atoms with E-state index in [9.17, 15) is 21.6 Å². The molecule has 0 spiro atoms. The van der Waals surface area contributed by atoms with Crippen molar-refractivity contribution in [1.82, 2.24) is 4.72 Å². The highest BCUT2D eigenvalue weighted by Gasteiger charge is 2.32. The van der Waals surface area contributed by atoms with E-state index in [2.05, 4.69) is 15.9 Å². The molecule has 0 aliphatic rings. The lowest BCUT2D eigenvalue weighted by Crippen LogP contribution is -2.35. The Hall–Kier alpha value is -0.800. The standard InChI is InChI=1S/C10H12BrF3N2O2S/c1-6(5-10(12,13)14)16-19(17,18)7-2-3-9(15)8(11)4-7/h2-4,6,16H,5,15H2,1H3. The number of hydrogen-bond donors (Lipinski definition) is 2. The van der Waals surface area contributed by atoms with Crippen LogP contribution in [0.2, 0.25) is 0 Å². The lowest BCUT2D eigenvalue weighted by molar-refractivity contribution is -0.137. The van der Waals surface area contributed by atoms with Gasteiger partial charge in [0.2, 0.25) is 10.0 Å². The second-order valence-corrected chi connectivity index (χ2v) is 6.59. The Balaban J connectivity index is 2.89. The third-order valence-electron chi connectivity index (χ3n) is 2.18. The van der Waals surface area contributed by atoms with E-state index in [0.29, 0.717) is 10.2 Å². The van der Waals surface area contributed by atoms with Crippen LogP contribution in [0.15, 0.2) is 27.6 Å². The highest BCUT2D eigenvalue weighted by molar-refractivity contribution is 9.10. The van der Waals surface area contributed by atoms with Gasteiger partial charge in [0.25, 0.3) is 0 Å². The van der Waals surface area contributed by atoms with Gasteiger partial charge in [-0.05, 0) is 41.1 Å². The van der Waals surface area contributed by atoms with Crippen LogP contribution in [-0.2, 0) is 10.0 Å². The molecule has 0 bridgehead atoms. The molecule has 1 rings (SSSR count). The van der Waals surface area contributed by atoms with E-state index in [0.717, 1.165) is 6.92 Å². The molecule has 9 heteroatoms. The molecule has 1 aromatic carbocycles. The molecular formula is C10H12BrF3N2O2S. The van der Waals surface area contributed by atoms with Crippen LogP contribution >= 0.6 is 15.9 Å². The van der Waals surface area contributed by atoms with Crippen LogP contribution in [-0.4, -0.2) is 20.6 Å². The fourth-order valence-corrected chi connectivity index (χ4v) is 3.20. The van der Waals surface area contributed by atoms with Crippen LogP contribution in [0.1, 0.15) is 13.3 Å². The van der Waals surface area contributed by atoms with E-state index >= 15 is 0 Å². The maximum atomic E-state index is 12.1. The van der Waals surface area contributed by atoms with E-state index in [1.165, 1.54) is 18.2 Å². The first-order valence-corrected chi connectivity index (χ1v) is 7.43. The Labute approximate surface area is 117 Å². The number of nitrogens with one attached hydrogen (secondary N) is 1. The summed E-state index contributed by atoms with van der Waals surface area (Å²) >= 11 is 3.06. The Bertz CT molecular complexity index is 560. The molecule has 0 saturated carbocycles. The molecule has 0 saturated heterocycles. The van der Waals surface area contributed by atoms with E-state index < -0.39 is 28.7 Å². The number of anilines is 1. The number of alkyl halides is 3. The summed E-state index contributed by atoms with van der Waals surface area (Å²) in [6.07, 6.45) is -5.66. The summed E-state index contributed by atoms with van der Waals surface area (Å²) in [4.78, 5) is -0.150. The summed E-state index contributed by atoms with van der Waals surface area (Å²) in [6.45, 7) is 1.15. The highest BCUT2D eigenvalue weighted by Crippen LogP contribution is 2.25. The predicted octanol–water partition coefficient (Wildman–Crippen LogP) is 2.65. The van der Waals surface area contributed by atoms with Crippen molar-refractivity contribution in [3.8, 4) is 0 Å². The number of hydrogen-bond acceptors (Lipinski definition) is 3. The zero-order chi connectivity index (χ0) is 14.8. The first-order chi connectivity index (χ1) is 8.51. The Kier molecular flexibility index (Phi) is 4.86. The van der Waals surface area contributed by atoms with E-state index in [1.807, 2.05) is 4.72 Å². The van der Waals surface area contributed by atoms with Crippen molar-refractivity contribution in [2.24, 2.45) is 0 Å². The van der Waals surface area contributed by atoms with Gasteiger partial charge in [-0.25, -0.2) is 13.1 Å². The van der Waals surface area contributed by atoms with Crippen molar-refractivity contribution in [2.45, 2.75) is 30.5 Å². The van der Waals surface area contributed by atoms with Gasteiger partial charge < -0.3 is 5.73 Å². The summed E-state index contributed by atoms with van der Waals surface area (Å²) in [6, 6.07) is 2.56. The minimum atomic E-state index is -4.43. The minimum Gasteiger partial charge on any atom is -0.398 e. The molecule has 0 aromatic heterocycles. The molecule has 0 aliphatic heterocycles. The molecular weight excluding hydrogens is 349 g/mol. The number of nitrogen functional groups attached to an aromatic ring is 1. The second-order valence-electron chi connectivity index (χ2n) is 4.02. The predicted molar refractivity (Wildman–Crippen MR) is 69.0 cm³/mol. The van der Waals surface area contributed by atoms with Gasteiger partial charge >= 0.3 is 6.18 Å². The Morgan fingerprint density at radius 2 is 2.00 bits per heavy atom. The van der Waals surface area contributed by atoms with Gasteiger partial charge in [0.05, 0.1) is 11.3 Å². The fraction of sp³-hybridized carbons (Fsp3) is 0.400. The van der Waals surface area contributed by atoms with E-state index in [-0.39, 0.29) is 4.90 Å². The number of sulfonamides is 1. The zero-order valence-electron chi connectivity index (χ0n) is 9.83. The molecule has 0 aliphatic carbocycles. The summed E-state index contributed by atoms with van der Waals surface area (Å²) in [5, 5.41) is 0. The van der Waals surface area contributed by atoms with Gasteiger partial charge in [0.15, 0.2) is 0 Å². The number of nitrogens with two attached hydrogens (primary N) is 1. The number of benzene rings is 1. The molecule has 4 nitrogen and oxygen atoms in total. The molecule has 1 unspecified atom stereocenters. The SMILES string of the molecule is CC(CC(F)(F)F)NS(=O)(=O)c1ccc(N)c(Br)c1. The van der Waals surface area contributed by atoms with Gasteiger partial charge in [-0.2, -0.15) is 13.2 Å². The maximum Gasteiger partial charge on any atom is 0.390 e. The molecule has 1 aromatic rings. The maximum absolute atomic E-state index is 12.1. The van der Waals surface area contributed by atoms with E-state index in [4.69, 9.17) is 5.73 Å². The molecule has 0 radical (unpaired) electrons. The van der Waals surface area contributed by atoms with Gasteiger partial charge in [-0.15, -0.1) is 0 Å². The molecule has 0 fully saturated rings. The third kappa shape index (κ3) is 5.00. The van der Waals surface area contributed by atoms with Gasteiger partial charge in [0.1, 0.15) is 0 Å². The monoisotopic (exact) mass is 360 g/mol. The van der Waals surface area contributed by atoms with Crippen LogP contribution in [0.25, 0.3) is 0 Å². The van der Waals surface area contributed by atoms with Gasteiger partial charge in [-0.1, -0.05) is 0 Å². The van der Waals surface area contributed by atoms with Crippen LogP contribution < -0.4 is 10.5 Å². The molecule has 0 amide bonds. The van der Waals surface area contributed by atoms with Crippen molar-refractivity contribution in [1.29, 1.82) is 0 Å². The largest absolute Gasteiger partial charge is 0.398 e. The van der Waals surface area contributed by atoms with Crippen LogP contribution in [0, 0.1) is 0 Å². The second kappa shape index (κ2) is 5.68. The minimum absolute atomic E-state index is 0.150. The molecule has 3 N–H and O–H groups in total. The lowest BCUT2D eigenvalue weighted by atomic mass is 10.2. The summed E-state index contributed by atoms with van der Waals surface area (Å²) in [7, 11) is -4.01. The average molecular weight is 361 g/mol. The Morgan fingerprint density at radius 3 is 2.47 bits per heavy atom. The van der Waals surface area contributed by atoms with Gasteiger partial charge in [-0.3, -0.25) is 0 Å². The van der Waals surface area contributed by atoms with Crippen molar-refractivity contribution in [3.05, 3.63) is 22.7 Å². The lowest BCUT2D eigenvalue weighted by Gasteiger charge is -2.16. The molecule has 108 valence electrons. The normalized spacial score (nSPS) is 14.4. The molecule has 0 heterocycles. The average Bonchev–Trinajstić information content (AvgIpc) is 2.17. The van der Waals surface area contributed by atoms with Crippen LogP contribution in [0.4, 0.5) is 18.9 Å². The first kappa shape index (κ1) is 16.3. The van der Waals surface area contributed by atoms with E-state index in [1.54, 1.807) is 0 Å².